The fraction of sp³-hybridized carbons (Fsp3) is 0.591. The summed E-state index contributed by atoms with van der Waals surface area (Å²) in [5.74, 6) is 2.89. The van der Waals surface area contributed by atoms with Gasteiger partial charge in [0.1, 0.15) is 0 Å². The number of rotatable bonds is 5. The first-order valence-electron chi connectivity index (χ1n) is 10.3. The number of carbonyl (C=O) groups excluding carboxylic acids is 1. The molecule has 27 heavy (non-hydrogen) atoms. The first-order valence-corrected chi connectivity index (χ1v) is 10.3. The van der Waals surface area contributed by atoms with Gasteiger partial charge in [-0.2, -0.15) is 5.10 Å². The zero-order valence-electron chi connectivity index (χ0n) is 16.0. The van der Waals surface area contributed by atoms with Crippen LogP contribution in [0.15, 0.2) is 30.9 Å². The first kappa shape index (κ1) is 17.0. The van der Waals surface area contributed by atoms with E-state index in [0.717, 1.165) is 34.4 Å². The molecule has 5 nitrogen and oxygen atoms in total. The highest BCUT2D eigenvalue weighted by atomic mass is 16.1. The Balaban J connectivity index is 1.21. The van der Waals surface area contributed by atoms with Crippen molar-refractivity contribution >= 4 is 5.91 Å². The maximum absolute atomic E-state index is 12.7. The van der Waals surface area contributed by atoms with E-state index in [4.69, 9.17) is 0 Å². The van der Waals surface area contributed by atoms with E-state index in [-0.39, 0.29) is 5.91 Å². The molecule has 5 heteroatoms. The molecule has 0 spiro atoms. The predicted octanol–water partition coefficient (Wildman–Crippen LogP) is 3.70. The second-order valence-corrected chi connectivity index (χ2v) is 9.36. The Hall–Kier alpha value is -2.17. The van der Waals surface area contributed by atoms with Gasteiger partial charge in [-0.05, 0) is 73.3 Å². The predicted molar refractivity (Wildman–Crippen MR) is 104 cm³/mol. The van der Waals surface area contributed by atoms with Gasteiger partial charge in [0, 0.05) is 49.7 Å². The van der Waals surface area contributed by atoms with Gasteiger partial charge in [0.2, 0.25) is 5.91 Å². The minimum atomic E-state index is 0.212. The lowest BCUT2D eigenvalue weighted by Gasteiger charge is -2.56. The average molecular weight is 364 g/mol. The Morgan fingerprint density at radius 2 is 1.81 bits per heavy atom. The van der Waals surface area contributed by atoms with E-state index in [2.05, 4.69) is 21.5 Å². The molecule has 4 bridgehead atoms. The van der Waals surface area contributed by atoms with Crippen LogP contribution in [0.5, 0.6) is 0 Å². The molecule has 2 heterocycles. The maximum atomic E-state index is 12.7. The van der Waals surface area contributed by atoms with Gasteiger partial charge in [-0.3, -0.25) is 14.5 Å². The SMILES string of the molecule is Cn1cc(-c2cncc(CNC(=O)CC34CC5CC(CC(C5)C3)C4)c2)cn1. The lowest BCUT2D eigenvalue weighted by Crippen LogP contribution is -2.47. The van der Waals surface area contributed by atoms with Crippen LogP contribution in [0, 0.1) is 23.2 Å². The zero-order valence-corrected chi connectivity index (χ0v) is 16.0. The van der Waals surface area contributed by atoms with Crippen LogP contribution >= 0.6 is 0 Å². The van der Waals surface area contributed by atoms with Crippen LogP contribution < -0.4 is 5.32 Å². The topological polar surface area (TPSA) is 59.8 Å². The third-order valence-corrected chi connectivity index (χ3v) is 7.02. The van der Waals surface area contributed by atoms with E-state index in [1.54, 1.807) is 4.68 Å². The van der Waals surface area contributed by atoms with Crippen LogP contribution in [0.2, 0.25) is 0 Å². The number of nitrogens with zero attached hydrogens (tertiary/aromatic N) is 3. The molecular weight excluding hydrogens is 336 g/mol. The van der Waals surface area contributed by atoms with Gasteiger partial charge in [0.15, 0.2) is 0 Å². The Bertz CT molecular complexity index is 820. The monoisotopic (exact) mass is 364 g/mol. The van der Waals surface area contributed by atoms with Crippen LogP contribution in [0.1, 0.15) is 50.5 Å². The average Bonchev–Trinajstić information content (AvgIpc) is 3.05. The van der Waals surface area contributed by atoms with Gasteiger partial charge >= 0.3 is 0 Å². The van der Waals surface area contributed by atoms with Crippen LogP contribution in [0.25, 0.3) is 11.1 Å². The molecule has 2 aromatic heterocycles. The van der Waals surface area contributed by atoms with Crippen molar-refractivity contribution in [1.29, 1.82) is 0 Å². The molecule has 0 unspecified atom stereocenters. The van der Waals surface area contributed by atoms with Crippen molar-refractivity contribution in [1.82, 2.24) is 20.1 Å². The van der Waals surface area contributed by atoms with Crippen molar-refractivity contribution < 1.29 is 4.79 Å². The van der Waals surface area contributed by atoms with E-state index < -0.39 is 0 Å². The molecule has 1 amide bonds. The lowest BCUT2D eigenvalue weighted by molar-refractivity contribution is -0.129. The fourth-order valence-electron chi connectivity index (χ4n) is 6.42. The van der Waals surface area contributed by atoms with Gasteiger partial charge in [0.05, 0.1) is 6.20 Å². The molecule has 0 saturated heterocycles. The van der Waals surface area contributed by atoms with E-state index in [9.17, 15) is 4.79 Å². The van der Waals surface area contributed by atoms with Crippen molar-refractivity contribution in [2.45, 2.75) is 51.5 Å². The third kappa shape index (κ3) is 3.40. The van der Waals surface area contributed by atoms with Gasteiger partial charge in [-0.25, -0.2) is 0 Å². The van der Waals surface area contributed by atoms with Gasteiger partial charge in [-0.15, -0.1) is 0 Å². The van der Waals surface area contributed by atoms with Crippen molar-refractivity contribution in [3.05, 3.63) is 36.4 Å². The second-order valence-electron chi connectivity index (χ2n) is 9.36. The molecule has 0 aliphatic heterocycles. The summed E-state index contributed by atoms with van der Waals surface area (Å²) in [7, 11) is 1.91. The molecule has 0 atom stereocenters. The zero-order chi connectivity index (χ0) is 18.4. The second kappa shape index (κ2) is 6.47. The summed E-state index contributed by atoms with van der Waals surface area (Å²) >= 11 is 0. The summed E-state index contributed by atoms with van der Waals surface area (Å²) in [5.41, 5.74) is 3.42. The molecule has 1 N–H and O–H groups in total. The highest BCUT2D eigenvalue weighted by molar-refractivity contribution is 5.76. The Morgan fingerprint density at radius 3 is 2.44 bits per heavy atom. The summed E-state index contributed by atoms with van der Waals surface area (Å²) in [4.78, 5) is 17.1. The van der Waals surface area contributed by atoms with Gasteiger partial charge < -0.3 is 5.32 Å². The first-order chi connectivity index (χ1) is 13.1. The Kier molecular flexibility index (Phi) is 4.06. The minimum absolute atomic E-state index is 0.212. The number of nitrogens with one attached hydrogen (secondary N) is 1. The molecule has 4 aliphatic carbocycles. The van der Waals surface area contributed by atoms with E-state index >= 15 is 0 Å². The molecule has 0 radical (unpaired) electrons. The summed E-state index contributed by atoms with van der Waals surface area (Å²) in [5, 5.41) is 7.38. The molecule has 4 aliphatic rings. The molecule has 4 saturated carbocycles. The fourth-order valence-corrected chi connectivity index (χ4v) is 6.42. The number of hydrogen-bond donors (Lipinski definition) is 1. The van der Waals surface area contributed by atoms with Crippen molar-refractivity contribution in [3.63, 3.8) is 0 Å². The van der Waals surface area contributed by atoms with Crippen molar-refractivity contribution in [2.75, 3.05) is 0 Å². The minimum Gasteiger partial charge on any atom is -0.352 e. The smallest absolute Gasteiger partial charge is 0.220 e. The van der Waals surface area contributed by atoms with Crippen LogP contribution in [-0.4, -0.2) is 20.7 Å². The van der Waals surface area contributed by atoms with Gasteiger partial charge in [-0.1, -0.05) is 0 Å². The van der Waals surface area contributed by atoms with Crippen LogP contribution in [-0.2, 0) is 18.4 Å². The molecule has 142 valence electrons. The number of aromatic nitrogens is 3. The summed E-state index contributed by atoms with van der Waals surface area (Å²) in [6.07, 6.45) is 16.3. The quantitative estimate of drug-likeness (QED) is 0.880. The largest absolute Gasteiger partial charge is 0.352 e. The standard InChI is InChI=1S/C22H28N4O/c1-26-14-20(13-25-26)19-5-18(10-23-12-19)11-24-21(27)9-22-6-15-2-16(7-22)4-17(3-15)8-22/h5,10,12-17H,2-4,6-9,11H2,1H3,(H,24,27). The summed E-state index contributed by atoms with van der Waals surface area (Å²) < 4.78 is 1.79. The van der Waals surface area contributed by atoms with Crippen molar-refractivity contribution in [3.8, 4) is 11.1 Å². The van der Waals surface area contributed by atoms with Gasteiger partial charge in [0.25, 0.3) is 0 Å². The molecule has 4 fully saturated rings. The van der Waals surface area contributed by atoms with Crippen LogP contribution in [0.4, 0.5) is 0 Å². The highest BCUT2D eigenvalue weighted by Gasteiger charge is 2.51. The molecular formula is C22H28N4O. The number of aryl methyl sites for hydroxylation is 1. The molecule has 2 aromatic rings. The highest BCUT2D eigenvalue weighted by Crippen LogP contribution is 2.61. The lowest BCUT2D eigenvalue weighted by atomic mass is 9.49. The van der Waals surface area contributed by atoms with E-state index in [1.165, 1.54) is 38.5 Å². The number of pyridine rings is 1. The normalized spacial score (nSPS) is 31.2. The summed E-state index contributed by atoms with van der Waals surface area (Å²) in [6, 6.07) is 2.09. The summed E-state index contributed by atoms with van der Waals surface area (Å²) in [6.45, 7) is 0.548. The third-order valence-electron chi connectivity index (χ3n) is 7.02. The Labute approximate surface area is 160 Å². The van der Waals surface area contributed by atoms with Crippen LogP contribution in [0.3, 0.4) is 0 Å². The number of carbonyl (C=O) groups is 1. The number of amides is 1. The van der Waals surface area contributed by atoms with Crippen molar-refractivity contribution in [2.24, 2.45) is 30.2 Å². The van der Waals surface area contributed by atoms with E-state index in [1.807, 2.05) is 31.8 Å². The maximum Gasteiger partial charge on any atom is 0.220 e. The molecule has 6 rings (SSSR count). The molecule has 0 aromatic carbocycles. The van der Waals surface area contributed by atoms with E-state index in [0.29, 0.717) is 18.4 Å². The number of hydrogen-bond acceptors (Lipinski definition) is 3. The Morgan fingerprint density at radius 1 is 1.11 bits per heavy atom.